The molecule has 7 heteroatoms. The maximum absolute atomic E-state index is 12.8. The maximum atomic E-state index is 12.8. The highest BCUT2D eigenvalue weighted by Crippen LogP contribution is 2.33. The summed E-state index contributed by atoms with van der Waals surface area (Å²) < 4.78 is 38.4. The van der Waals surface area contributed by atoms with E-state index in [0.717, 1.165) is 12.1 Å². The second-order valence-electron chi connectivity index (χ2n) is 5.06. The van der Waals surface area contributed by atoms with Crippen molar-refractivity contribution in [3.8, 4) is 0 Å². The first-order chi connectivity index (χ1) is 11.3. The van der Waals surface area contributed by atoms with E-state index in [1.54, 1.807) is 30.3 Å². The molecule has 0 fully saturated rings. The summed E-state index contributed by atoms with van der Waals surface area (Å²) in [5, 5.41) is 3.09. The summed E-state index contributed by atoms with van der Waals surface area (Å²) in [4.78, 5) is 15.0. The fourth-order valence-corrected chi connectivity index (χ4v) is 2.40. The molecule has 0 amide bonds. The van der Waals surface area contributed by atoms with Gasteiger partial charge in [-0.3, -0.25) is 9.78 Å². The van der Waals surface area contributed by atoms with Gasteiger partial charge in [-0.25, -0.2) is 0 Å². The normalized spacial score (nSPS) is 11.5. The first-order valence-electron chi connectivity index (χ1n) is 6.87. The highest BCUT2D eigenvalue weighted by molar-refractivity contribution is 6.67. The Bertz CT molecular complexity index is 908. The van der Waals surface area contributed by atoms with Gasteiger partial charge in [0.1, 0.15) is 0 Å². The molecule has 0 bridgehead atoms. The Labute approximate surface area is 140 Å². The number of carbonyl (C=O) groups is 1. The van der Waals surface area contributed by atoms with Gasteiger partial charge >= 0.3 is 6.18 Å². The third kappa shape index (κ3) is 3.33. The molecule has 122 valence electrons. The van der Waals surface area contributed by atoms with Crippen molar-refractivity contribution in [3.05, 3.63) is 65.9 Å². The number of aromatic nitrogens is 1. The van der Waals surface area contributed by atoms with Crippen LogP contribution in [0.3, 0.4) is 0 Å². The summed E-state index contributed by atoms with van der Waals surface area (Å²) in [6.07, 6.45) is -2.98. The van der Waals surface area contributed by atoms with Crippen molar-refractivity contribution in [1.82, 2.24) is 4.98 Å². The van der Waals surface area contributed by atoms with Gasteiger partial charge < -0.3 is 5.32 Å². The van der Waals surface area contributed by atoms with Crippen molar-refractivity contribution >= 4 is 39.1 Å². The predicted octanol–water partition coefficient (Wildman–Crippen LogP) is 5.38. The Morgan fingerprint density at radius 1 is 1.04 bits per heavy atom. The zero-order valence-electron chi connectivity index (χ0n) is 12.1. The molecule has 0 aliphatic rings. The summed E-state index contributed by atoms with van der Waals surface area (Å²) >= 11 is 5.39. The minimum absolute atomic E-state index is 0.238. The maximum Gasteiger partial charge on any atom is 0.416 e. The molecule has 0 unspecified atom stereocenters. The minimum atomic E-state index is -4.41. The molecule has 3 nitrogen and oxygen atoms in total. The highest BCUT2D eigenvalue weighted by Gasteiger charge is 2.30. The number of fused-ring (bicyclic) bond motifs is 1. The standard InChI is InChI=1S/C17H10ClF3N2O/c18-16(24)10-1-4-12(5-2-10)23-14-7-8-22-15-9-11(17(19,20)21)3-6-13(14)15/h1-9H,(H,22,23). The molecule has 0 saturated carbocycles. The van der Waals surface area contributed by atoms with E-state index in [1.807, 2.05) is 0 Å². The SMILES string of the molecule is O=C(Cl)c1ccc(Nc2ccnc3cc(C(F)(F)F)ccc23)cc1. The van der Waals surface area contributed by atoms with Crippen LogP contribution >= 0.6 is 11.6 Å². The number of carbonyl (C=O) groups excluding carboxylic acids is 1. The molecular formula is C17H10ClF3N2O. The molecule has 0 spiro atoms. The molecule has 2 aromatic carbocycles. The third-order valence-electron chi connectivity index (χ3n) is 3.46. The van der Waals surface area contributed by atoms with E-state index >= 15 is 0 Å². The average Bonchev–Trinajstić information content (AvgIpc) is 2.54. The fraction of sp³-hybridized carbons (Fsp3) is 0.0588. The lowest BCUT2D eigenvalue weighted by atomic mass is 10.1. The second kappa shape index (κ2) is 6.13. The molecule has 0 aliphatic heterocycles. The zero-order valence-corrected chi connectivity index (χ0v) is 12.8. The number of nitrogens with one attached hydrogen (secondary N) is 1. The molecule has 1 aromatic heterocycles. The van der Waals surface area contributed by atoms with Crippen LogP contribution in [0.2, 0.25) is 0 Å². The summed E-state index contributed by atoms with van der Waals surface area (Å²) in [5.41, 5.74) is 1.13. The lowest BCUT2D eigenvalue weighted by Gasteiger charge is -2.12. The number of nitrogens with zero attached hydrogens (tertiary/aromatic N) is 1. The van der Waals surface area contributed by atoms with E-state index in [2.05, 4.69) is 10.3 Å². The molecular weight excluding hydrogens is 341 g/mol. The van der Waals surface area contributed by atoms with Crippen LogP contribution in [-0.2, 0) is 6.18 Å². The highest BCUT2D eigenvalue weighted by atomic mass is 35.5. The predicted molar refractivity (Wildman–Crippen MR) is 86.7 cm³/mol. The van der Waals surface area contributed by atoms with Crippen molar-refractivity contribution in [2.45, 2.75) is 6.18 Å². The lowest BCUT2D eigenvalue weighted by molar-refractivity contribution is -0.137. The van der Waals surface area contributed by atoms with Gasteiger partial charge in [-0.05, 0) is 54.1 Å². The van der Waals surface area contributed by atoms with Crippen LogP contribution in [-0.4, -0.2) is 10.2 Å². The number of benzene rings is 2. The van der Waals surface area contributed by atoms with E-state index in [9.17, 15) is 18.0 Å². The van der Waals surface area contributed by atoms with E-state index in [4.69, 9.17) is 11.6 Å². The van der Waals surface area contributed by atoms with E-state index in [-0.39, 0.29) is 5.52 Å². The van der Waals surface area contributed by atoms with Crippen LogP contribution < -0.4 is 5.32 Å². The number of alkyl halides is 3. The Morgan fingerprint density at radius 3 is 2.38 bits per heavy atom. The first kappa shape index (κ1) is 16.3. The summed E-state index contributed by atoms with van der Waals surface area (Å²) in [6, 6.07) is 11.5. The molecule has 0 saturated heterocycles. The topological polar surface area (TPSA) is 42.0 Å². The Kier molecular flexibility index (Phi) is 4.15. The van der Waals surface area contributed by atoms with Gasteiger partial charge in [0.2, 0.25) is 0 Å². The lowest BCUT2D eigenvalue weighted by Crippen LogP contribution is -2.04. The molecule has 0 radical (unpaired) electrons. The molecule has 3 aromatic rings. The quantitative estimate of drug-likeness (QED) is 0.645. The molecule has 1 N–H and O–H groups in total. The summed E-state index contributed by atoms with van der Waals surface area (Å²) in [5.74, 6) is 0. The smallest absolute Gasteiger partial charge is 0.355 e. The monoisotopic (exact) mass is 350 g/mol. The van der Waals surface area contributed by atoms with Gasteiger partial charge in [0.15, 0.2) is 0 Å². The number of anilines is 2. The molecule has 24 heavy (non-hydrogen) atoms. The number of rotatable bonds is 3. The van der Waals surface area contributed by atoms with Gasteiger partial charge in [0.05, 0.1) is 11.1 Å². The van der Waals surface area contributed by atoms with E-state index < -0.39 is 17.0 Å². The van der Waals surface area contributed by atoms with Crippen molar-refractivity contribution in [1.29, 1.82) is 0 Å². The molecule has 0 atom stereocenters. The van der Waals surface area contributed by atoms with Crippen molar-refractivity contribution < 1.29 is 18.0 Å². The Hall–Kier alpha value is -2.60. The van der Waals surface area contributed by atoms with Crippen molar-refractivity contribution in [3.63, 3.8) is 0 Å². The zero-order chi connectivity index (χ0) is 17.3. The number of halogens is 4. The van der Waals surface area contributed by atoms with Crippen LogP contribution in [0.1, 0.15) is 15.9 Å². The first-order valence-corrected chi connectivity index (χ1v) is 7.25. The van der Waals surface area contributed by atoms with Gasteiger partial charge in [-0.15, -0.1) is 0 Å². The minimum Gasteiger partial charge on any atom is -0.355 e. The third-order valence-corrected chi connectivity index (χ3v) is 3.68. The van der Waals surface area contributed by atoms with E-state index in [1.165, 1.54) is 12.3 Å². The van der Waals surface area contributed by atoms with Crippen molar-refractivity contribution in [2.24, 2.45) is 0 Å². The fourth-order valence-electron chi connectivity index (χ4n) is 2.27. The van der Waals surface area contributed by atoms with E-state index in [0.29, 0.717) is 22.3 Å². The van der Waals surface area contributed by atoms with Gasteiger partial charge in [-0.2, -0.15) is 13.2 Å². The number of hydrogen-bond acceptors (Lipinski definition) is 3. The molecule has 1 heterocycles. The van der Waals surface area contributed by atoms with Crippen LogP contribution in [0.25, 0.3) is 10.9 Å². The molecule has 0 aliphatic carbocycles. The largest absolute Gasteiger partial charge is 0.416 e. The van der Waals surface area contributed by atoms with Crippen LogP contribution in [0.15, 0.2) is 54.7 Å². The van der Waals surface area contributed by atoms with Crippen LogP contribution in [0, 0.1) is 0 Å². The van der Waals surface area contributed by atoms with Crippen LogP contribution in [0.5, 0.6) is 0 Å². The molecule has 3 rings (SSSR count). The number of pyridine rings is 1. The van der Waals surface area contributed by atoms with Gasteiger partial charge in [-0.1, -0.05) is 6.07 Å². The Balaban J connectivity index is 1.96. The summed E-state index contributed by atoms with van der Waals surface area (Å²) in [6.45, 7) is 0. The number of hydrogen-bond donors (Lipinski definition) is 1. The van der Waals surface area contributed by atoms with Gasteiger partial charge in [0.25, 0.3) is 5.24 Å². The van der Waals surface area contributed by atoms with Gasteiger partial charge in [0, 0.05) is 28.5 Å². The average molecular weight is 351 g/mol. The summed E-state index contributed by atoms with van der Waals surface area (Å²) in [7, 11) is 0. The second-order valence-corrected chi connectivity index (χ2v) is 5.41. The van der Waals surface area contributed by atoms with Crippen molar-refractivity contribution in [2.75, 3.05) is 5.32 Å². The van der Waals surface area contributed by atoms with Crippen LogP contribution in [0.4, 0.5) is 24.5 Å². The Morgan fingerprint density at radius 2 is 1.75 bits per heavy atom.